The maximum absolute atomic E-state index is 12.7. The van der Waals surface area contributed by atoms with Crippen LogP contribution in [-0.4, -0.2) is 29.7 Å². The van der Waals surface area contributed by atoms with Gasteiger partial charge in [-0.3, -0.25) is 19.7 Å². The molecule has 0 aromatic heterocycles. The van der Waals surface area contributed by atoms with Gasteiger partial charge in [-0.2, -0.15) is 0 Å². The molecule has 0 unspecified atom stereocenters. The summed E-state index contributed by atoms with van der Waals surface area (Å²) in [5.41, 5.74) is 1.40. The Hall–Kier alpha value is -2.24. The van der Waals surface area contributed by atoms with Crippen LogP contribution in [0.5, 0.6) is 0 Å². The van der Waals surface area contributed by atoms with Gasteiger partial charge in [-0.05, 0) is 30.2 Å². The third-order valence-electron chi connectivity index (χ3n) is 3.14. The van der Waals surface area contributed by atoms with Crippen LogP contribution in [0.4, 0.5) is 4.39 Å². The Balaban J connectivity index is 0.000000160. The number of amides is 3. The zero-order valence-corrected chi connectivity index (χ0v) is 11.1. The van der Waals surface area contributed by atoms with E-state index in [1.165, 1.54) is 18.2 Å². The summed E-state index contributed by atoms with van der Waals surface area (Å²) in [7, 11) is 1.71. The van der Waals surface area contributed by atoms with Crippen LogP contribution in [0.1, 0.15) is 35.2 Å². The number of halogens is 1. The molecule has 0 bridgehead atoms. The molecule has 2 aliphatic rings. The summed E-state index contributed by atoms with van der Waals surface area (Å²) in [6.45, 7) is 0.520. The number of nitrogens with one attached hydrogen (secondary N) is 1. The maximum atomic E-state index is 12.7. The number of hydrogen-bond acceptors (Lipinski definition) is 3. The largest absolute Gasteiger partial charge is 0.337 e. The number of fused-ring (bicyclic) bond motifs is 1. The molecule has 3 rings (SSSR count). The van der Waals surface area contributed by atoms with Gasteiger partial charge in [0.05, 0.1) is 0 Å². The summed E-state index contributed by atoms with van der Waals surface area (Å²) in [5.74, 6) is -0.579. The van der Waals surface area contributed by atoms with Crippen LogP contribution in [0.15, 0.2) is 18.2 Å². The van der Waals surface area contributed by atoms with Gasteiger partial charge in [0.15, 0.2) is 0 Å². The fourth-order valence-electron chi connectivity index (χ4n) is 2.12. The Labute approximate surface area is 115 Å². The van der Waals surface area contributed by atoms with Crippen molar-refractivity contribution in [3.63, 3.8) is 0 Å². The van der Waals surface area contributed by atoms with Crippen LogP contribution < -0.4 is 5.32 Å². The van der Waals surface area contributed by atoms with Gasteiger partial charge in [0.1, 0.15) is 5.82 Å². The lowest BCUT2D eigenvalue weighted by molar-refractivity contribution is -0.132. The summed E-state index contributed by atoms with van der Waals surface area (Å²) in [4.78, 5) is 33.6. The predicted molar refractivity (Wildman–Crippen MR) is 69.2 cm³/mol. The first-order valence-electron chi connectivity index (χ1n) is 6.34. The summed E-state index contributed by atoms with van der Waals surface area (Å²) in [6.07, 6.45) is 1.72. The van der Waals surface area contributed by atoms with E-state index in [1.54, 1.807) is 11.9 Å². The van der Waals surface area contributed by atoms with E-state index in [0.717, 1.165) is 5.56 Å². The predicted octanol–water partition coefficient (Wildman–Crippen LogP) is 1.22. The fourth-order valence-corrected chi connectivity index (χ4v) is 2.12. The van der Waals surface area contributed by atoms with Crippen LogP contribution in [0.3, 0.4) is 0 Å². The number of imide groups is 1. The highest BCUT2D eigenvalue weighted by atomic mass is 19.1. The molecule has 3 amide bonds. The smallest absolute Gasteiger partial charge is 0.254 e. The second kappa shape index (κ2) is 5.81. The van der Waals surface area contributed by atoms with E-state index in [1.807, 2.05) is 0 Å². The molecule has 20 heavy (non-hydrogen) atoms. The van der Waals surface area contributed by atoms with E-state index in [2.05, 4.69) is 5.32 Å². The second-order valence-electron chi connectivity index (χ2n) is 4.79. The van der Waals surface area contributed by atoms with Crippen LogP contribution in [0.25, 0.3) is 0 Å². The van der Waals surface area contributed by atoms with Crippen molar-refractivity contribution in [2.45, 2.75) is 25.8 Å². The van der Waals surface area contributed by atoms with Gasteiger partial charge in [-0.15, -0.1) is 0 Å². The summed E-state index contributed by atoms with van der Waals surface area (Å²) in [5, 5.41) is 2.20. The average molecular weight is 278 g/mol. The third-order valence-corrected chi connectivity index (χ3v) is 3.14. The number of carbonyl (C=O) groups is 3. The lowest BCUT2D eigenvalue weighted by Gasteiger charge is -2.07. The van der Waals surface area contributed by atoms with E-state index in [9.17, 15) is 18.8 Å². The first kappa shape index (κ1) is 14.2. The molecule has 2 aliphatic heterocycles. The Morgan fingerprint density at radius 1 is 1.15 bits per heavy atom. The van der Waals surface area contributed by atoms with Crippen LogP contribution in [-0.2, 0) is 16.1 Å². The number of benzene rings is 1. The van der Waals surface area contributed by atoms with Crippen LogP contribution in [0, 0.1) is 5.82 Å². The zero-order chi connectivity index (χ0) is 14.7. The van der Waals surface area contributed by atoms with E-state index in [0.29, 0.717) is 31.4 Å². The maximum Gasteiger partial charge on any atom is 0.254 e. The van der Waals surface area contributed by atoms with Crippen molar-refractivity contribution in [3.8, 4) is 0 Å². The topological polar surface area (TPSA) is 66.5 Å². The van der Waals surface area contributed by atoms with Crippen molar-refractivity contribution in [1.82, 2.24) is 10.2 Å². The number of rotatable bonds is 0. The molecule has 5 nitrogen and oxygen atoms in total. The minimum Gasteiger partial charge on any atom is -0.337 e. The van der Waals surface area contributed by atoms with E-state index >= 15 is 0 Å². The molecular weight excluding hydrogens is 263 g/mol. The van der Waals surface area contributed by atoms with Crippen LogP contribution in [0.2, 0.25) is 0 Å². The Kier molecular flexibility index (Phi) is 4.12. The van der Waals surface area contributed by atoms with Gasteiger partial charge < -0.3 is 4.90 Å². The molecule has 6 heteroatoms. The number of hydrogen-bond donors (Lipinski definition) is 1. The Morgan fingerprint density at radius 2 is 1.80 bits per heavy atom. The van der Waals surface area contributed by atoms with Gasteiger partial charge in [-0.1, -0.05) is 0 Å². The highest BCUT2D eigenvalue weighted by Gasteiger charge is 2.23. The quantitative estimate of drug-likeness (QED) is 0.726. The Bertz CT molecular complexity index is 558. The standard InChI is InChI=1S/C9H8FNO.C5H7NO2/c1-11-5-6-4-7(10)2-3-8(6)9(11)12;7-4-2-1-3-5(8)6-4/h2-4H,5H2,1H3;1-3H2,(H,6,7,8). The lowest BCUT2D eigenvalue weighted by atomic mass is 10.1. The molecule has 1 aromatic carbocycles. The average Bonchev–Trinajstić information content (AvgIpc) is 2.65. The molecular formula is C14H15FN2O3. The van der Waals surface area contributed by atoms with E-state index in [4.69, 9.17) is 0 Å². The van der Waals surface area contributed by atoms with Crippen molar-refractivity contribution in [3.05, 3.63) is 35.1 Å². The minimum atomic E-state index is -0.281. The number of carbonyl (C=O) groups excluding carboxylic acids is 3. The monoisotopic (exact) mass is 278 g/mol. The van der Waals surface area contributed by atoms with Crippen molar-refractivity contribution in [1.29, 1.82) is 0 Å². The molecule has 1 aromatic rings. The first-order chi connectivity index (χ1) is 9.47. The number of piperidine rings is 1. The van der Waals surface area contributed by atoms with Crippen molar-refractivity contribution < 1.29 is 18.8 Å². The van der Waals surface area contributed by atoms with Crippen LogP contribution >= 0.6 is 0 Å². The molecule has 0 spiro atoms. The fraction of sp³-hybridized carbons (Fsp3) is 0.357. The van der Waals surface area contributed by atoms with Gasteiger partial charge in [-0.25, -0.2) is 4.39 Å². The van der Waals surface area contributed by atoms with Gasteiger partial charge in [0.25, 0.3) is 5.91 Å². The van der Waals surface area contributed by atoms with Crippen molar-refractivity contribution >= 4 is 17.7 Å². The summed E-state index contributed by atoms with van der Waals surface area (Å²) < 4.78 is 12.7. The summed E-state index contributed by atoms with van der Waals surface area (Å²) in [6, 6.07) is 4.27. The van der Waals surface area contributed by atoms with Gasteiger partial charge >= 0.3 is 0 Å². The second-order valence-corrected chi connectivity index (χ2v) is 4.79. The zero-order valence-electron chi connectivity index (χ0n) is 11.1. The normalized spacial score (nSPS) is 17.3. The van der Waals surface area contributed by atoms with Crippen molar-refractivity contribution in [2.24, 2.45) is 0 Å². The Morgan fingerprint density at radius 3 is 2.35 bits per heavy atom. The first-order valence-corrected chi connectivity index (χ1v) is 6.34. The minimum absolute atomic E-state index is 0.0231. The molecule has 106 valence electrons. The molecule has 0 atom stereocenters. The molecule has 0 saturated carbocycles. The third kappa shape index (κ3) is 3.20. The van der Waals surface area contributed by atoms with Gasteiger partial charge in [0.2, 0.25) is 11.8 Å². The highest BCUT2D eigenvalue weighted by Crippen LogP contribution is 2.21. The molecule has 1 saturated heterocycles. The molecule has 0 aliphatic carbocycles. The number of nitrogens with zero attached hydrogens (tertiary/aromatic N) is 1. The molecule has 1 fully saturated rings. The molecule has 2 heterocycles. The lowest BCUT2D eigenvalue weighted by Crippen LogP contribution is -2.33. The van der Waals surface area contributed by atoms with Crippen molar-refractivity contribution in [2.75, 3.05) is 7.05 Å². The van der Waals surface area contributed by atoms with E-state index in [-0.39, 0.29) is 23.5 Å². The molecule has 1 N–H and O–H groups in total. The molecule has 0 radical (unpaired) electrons. The highest BCUT2D eigenvalue weighted by molar-refractivity contribution is 5.98. The SMILES string of the molecule is CN1Cc2cc(F)ccc2C1=O.O=C1CCCC(=O)N1. The van der Waals surface area contributed by atoms with E-state index < -0.39 is 0 Å². The van der Waals surface area contributed by atoms with Gasteiger partial charge in [0, 0.05) is 32.0 Å². The summed E-state index contributed by atoms with van der Waals surface area (Å²) >= 11 is 0.